The van der Waals surface area contributed by atoms with Crippen LogP contribution in [0.25, 0.3) is 0 Å². The van der Waals surface area contributed by atoms with Gasteiger partial charge in [-0.25, -0.2) is 4.79 Å². The SMILES string of the molecule is CCC1(C(=O)O)CCCN1C(=O)c1cc(C)cc(Br)c1. The third kappa shape index (κ3) is 2.46. The van der Waals surface area contributed by atoms with E-state index in [0.717, 1.165) is 16.5 Å². The maximum Gasteiger partial charge on any atom is 0.329 e. The van der Waals surface area contributed by atoms with Gasteiger partial charge in [-0.15, -0.1) is 0 Å². The number of hydrogen-bond donors (Lipinski definition) is 1. The standard InChI is InChI=1S/C15H18BrNO3/c1-3-15(14(19)20)5-4-6-17(15)13(18)11-7-10(2)8-12(16)9-11/h7-9H,3-6H2,1-2H3,(H,19,20). The Morgan fingerprint density at radius 1 is 1.40 bits per heavy atom. The Morgan fingerprint density at radius 2 is 2.10 bits per heavy atom. The average Bonchev–Trinajstić information content (AvgIpc) is 2.81. The highest BCUT2D eigenvalue weighted by Gasteiger charge is 2.48. The van der Waals surface area contributed by atoms with Gasteiger partial charge in [-0.2, -0.15) is 0 Å². The lowest BCUT2D eigenvalue weighted by atomic mass is 9.92. The number of rotatable bonds is 3. The van der Waals surface area contributed by atoms with Crippen molar-refractivity contribution >= 4 is 27.8 Å². The van der Waals surface area contributed by atoms with Crippen molar-refractivity contribution in [3.05, 3.63) is 33.8 Å². The molecule has 4 nitrogen and oxygen atoms in total. The van der Waals surface area contributed by atoms with Gasteiger partial charge in [0.2, 0.25) is 0 Å². The number of aryl methyl sites for hydroxylation is 1. The van der Waals surface area contributed by atoms with Gasteiger partial charge >= 0.3 is 5.97 Å². The van der Waals surface area contributed by atoms with Gasteiger partial charge in [-0.3, -0.25) is 4.79 Å². The van der Waals surface area contributed by atoms with Crippen LogP contribution in [0, 0.1) is 6.92 Å². The van der Waals surface area contributed by atoms with Crippen LogP contribution in [0.4, 0.5) is 0 Å². The molecule has 1 aromatic rings. The lowest BCUT2D eigenvalue weighted by molar-refractivity contribution is -0.148. The average molecular weight is 340 g/mol. The van der Waals surface area contributed by atoms with Crippen molar-refractivity contribution in [2.45, 2.75) is 38.6 Å². The Labute approximate surface area is 126 Å². The van der Waals surface area contributed by atoms with Gasteiger partial charge in [0.05, 0.1) is 0 Å². The summed E-state index contributed by atoms with van der Waals surface area (Å²) in [6.45, 7) is 4.24. The third-order valence-corrected chi connectivity index (χ3v) is 4.46. The molecule has 0 bridgehead atoms. The van der Waals surface area contributed by atoms with E-state index in [1.807, 2.05) is 19.9 Å². The van der Waals surface area contributed by atoms with E-state index in [9.17, 15) is 14.7 Å². The predicted octanol–water partition coefficient (Wildman–Crippen LogP) is 3.23. The monoisotopic (exact) mass is 339 g/mol. The Hall–Kier alpha value is -1.36. The highest BCUT2D eigenvalue weighted by molar-refractivity contribution is 9.10. The summed E-state index contributed by atoms with van der Waals surface area (Å²) in [4.78, 5) is 25.8. The Balaban J connectivity index is 2.39. The van der Waals surface area contributed by atoms with E-state index >= 15 is 0 Å². The summed E-state index contributed by atoms with van der Waals surface area (Å²) < 4.78 is 0.831. The summed E-state index contributed by atoms with van der Waals surface area (Å²) in [6.07, 6.45) is 1.69. The van der Waals surface area contributed by atoms with E-state index in [-0.39, 0.29) is 5.91 Å². The van der Waals surface area contributed by atoms with Crippen LogP contribution in [-0.2, 0) is 4.79 Å². The van der Waals surface area contributed by atoms with Gasteiger partial charge in [0.15, 0.2) is 0 Å². The summed E-state index contributed by atoms with van der Waals surface area (Å²) in [6, 6.07) is 5.47. The number of carboxylic acid groups (broad SMARTS) is 1. The van der Waals surface area contributed by atoms with E-state index in [1.54, 1.807) is 12.1 Å². The van der Waals surface area contributed by atoms with E-state index in [4.69, 9.17) is 0 Å². The third-order valence-electron chi connectivity index (χ3n) is 4.01. The van der Waals surface area contributed by atoms with Crippen LogP contribution < -0.4 is 0 Å². The molecule has 1 aromatic carbocycles. The number of likely N-dealkylation sites (tertiary alicyclic amines) is 1. The van der Waals surface area contributed by atoms with Crippen LogP contribution in [0.1, 0.15) is 42.1 Å². The Morgan fingerprint density at radius 3 is 2.65 bits per heavy atom. The number of carbonyl (C=O) groups is 2. The van der Waals surface area contributed by atoms with Crippen LogP contribution in [0.2, 0.25) is 0 Å². The van der Waals surface area contributed by atoms with Crippen molar-refractivity contribution in [2.75, 3.05) is 6.54 Å². The van der Waals surface area contributed by atoms with Crippen molar-refractivity contribution in [2.24, 2.45) is 0 Å². The summed E-state index contributed by atoms with van der Waals surface area (Å²) in [5, 5.41) is 9.54. The number of nitrogens with zero attached hydrogens (tertiary/aromatic N) is 1. The maximum absolute atomic E-state index is 12.7. The highest BCUT2D eigenvalue weighted by Crippen LogP contribution is 2.34. The van der Waals surface area contributed by atoms with Crippen LogP contribution in [0.15, 0.2) is 22.7 Å². The fraction of sp³-hybridized carbons (Fsp3) is 0.467. The Kier molecular flexibility index (Phi) is 4.18. The van der Waals surface area contributed by atoms with Gasteiger partial charge in [0, 0.05) is 16.6 Å². The largest absolute Gasteiger partial charge is 0.479 e. The first-order valence-corrected chi connectivity index (χ1v) is 7.52. The van der Waals surface area contributed by atoms with Crippen molar-refractivity contribution in [1.29, 1.82) is 0 Å². The zero-order valence-corrected chi connectivity index (χ0v) is 13.2. The molecular weight excluding hydrogens is 322 g/mol. The summed E-state index contributed by atoms with van der Waals surface area (Å²) in [5.41, 5.74) is 0.463. The molecule has 108 valence electrons. The van der Waals surface area contributed by atoms with Crippen LogP contribution >= 0.6 is 15.9 Å². The fourth-order valence-electron chi connectivity index (χ4n) is 2.93. The highest BCUT2D eigenvalue weighted by atomic mass is 79.9. The summed E-state index contributed by atoms with van der Waals surface area (Å²) >= 11 is 3.38. The van der Waals surface area contributed by atoms with Crippen molar-refractivity contribution < 1.29 is 14.7 Å². The molecule has 2 rings (SSSR count). The lowest BCUT2D eigenvalue weighted by Gasteiger charge is -2.34. The minimum absolute atomic E-state index is 0.198. The lowest BCUT2D eigenvalue weighted by Crippen LogP contribution is -2.52. The first kappa shape index (κ1) is 15.0. The van der Waals surface area contributed by atoms with Crippen LogP contribution in [0.5, 0.6) is 0 Å². The topological polar surface area (TPSA) is 57.6 Å². The number of benzene rings is 1. The molecule has 0 aromatic heterocycles. The second-order valence-corrected chi connectivity index (χ2v) is 6.18. The van der Waals surface area contributed by atoms with Gasteiger partial charge in [-0.05, 0) is 49.9 Å². The second-order valence-electron chi connectivity index (χ2n) is 5.27. The zero-order valence-electron chi connectivity index (χ0n) is 11.6. The smallest absolute Gasteiger partial charge is 0.329 e. The van der Waals surface area contributed by atoms with Crippen molar-refractivity contribution in [3.8, 4) is 0 Å². The number of hydrogen-bond acceptors (Lipinski definition) is 2. The normalized spacial score (nSPS) is 22.1. The molecule has 1 heterocycles. The van der Waals surface area contributed by atoms with Crippen molar-refractivity contribution in [3.63, 3.8) is 0 Å². The molecule has 1 aliphatic heterocycles. The molecule has 0 spiro atoms. The molecule has 0 aliphatic carbocycles. The van der Waals surface area contributed by atoms with Gasteiger partial charge in [-0.1, -0.05) is 22.9 Å². The predicted molar refractivity (Wildman–Crippen MR) is 79.8 cm³/mol. The first-order valence-electron chi connectivity index (χ1n) is 6.73. The van der Waals surface area contributed by atoms with E-state index < -0.39 is 11.5 Å². The van der Waals surface area contributed by atoms with E-state index in [1.165, 1.54) is 4.90 Å². The van der Waals surface area contributed by atoms with Crippen LogP contribution in [-0.4, -0.2) is 34.0 Å². The molecule has 1 aliphatic rings. The first-order chi connectivity index (χ1) is 9.40. The number of carbonyl (C=O) groups excluding carboxylic acids is 1. The summed E-state index contributed by atoms with van der Waals surface area (Å²) in [7, 11) is 0. The maximum atomic E-state index is 12.7. The molecule has 20 heavy (non-hydrogen) atoms. The fourth-order valence-corrected chi connectivity index (χ4v) is 3.54. The molecule has 5 heteroatoms. The molecular formula is C15H18BrNO3. The van der Waals surface area contributed by atoms with Crippen molar-refractivity contribution in [1.82, 2.24) is 4.90 Å². The molecule has 0 radical (unpaired) electrons. The second kappa shape index (κ2) is 5.56. The number of carboxylic acids is 1. The molecule has 1 amide bonds. The zero-order chi connectivity index (χ0) is 14.9. The number of aliphatic carboxylic acids is 1. The molecule has 1 unspecified atom stereocenters. The molecule has 1 N–H and O–H groups in total. The summed E-state index contributed by atoms with van der Waals surface area (Å²) in [5.74, 6) is -1.10. The minimum Gasteiger partial charge on any atom is -0.479 e. The van der Waals surface area contributed by atoms with Crippen LogP contribution in [0.3, 0.4) is 0 Å². The molecule has 1 saturated heterocycles. The van der Waals surface area contributed by atoms with Gasteiger partial charge in [0.1, 0.15) is 5.54 Å². The number of halogens is 1. The minimum atomic E-state index is -1.05. The molecule has 1 atom stereocenters. The van der Waals surface area contributed by atoms with Gasteiger partial charge in [0.25, 0.3) is 5.91 Å². The number of amides is 1. The van der Waals surface area contributed by atoms with E-state index in [0.29, 0.717) is 24.9 Å². The Bertz CT molecular complexity index is 538. The van der Waals surface area contributed by atoms with Gasteiger partial charge < -0.3 is 10.0 Å². The van der Waals surface area contributed by atoms with E-state index in [2.05, 4.69) is 15.9 Å². The molecule has 1 fully saturated rings. The molecule has 0 saturated carbocycles. The quantitative estimate of drug-likeness (QED) is 0.919.